The SMILES string of the molecule is COc1cccc(C(=O)NCC2(c3ccc(OC)c([N+](=O)[O-])c3)CCCC2)c1. The molecule has 7 heteroatoms. The molecule has 2 aromatic rings. The van der Waals surface area contributed by atoms with Gasteiger partial charge in [0.2, 0.25) is 0 Å². The van der Waals surface area contributed by atoms with E-state index in [-0.39, 0.29) is 22.8 Å². The molecule has 2 aromatic carbocycles. The zero-order chi connectivity index (χ0) is 20.1. The van der Waals surface area contributed by atoms with Crippen molar-refractivity contribution in [3.8, 4) is 11.5 Å². The minimum absolute atomic E-state index is 0.0506. The first kappa shape index (κ1) is 19.7. The number of nitrogens with one attached hydrogen (secondary N) is 1. The number of nitrogens with zero attached hydrogens (tertiary/aromatic N) is 1. The summed E-state index contributed by atoms with van der Waals surface area (Å²) in [5.74, 6) is 0.671. The molecule has 0 spiro atoms. The van der Waals surface area contributed by atoms with Crippen LogP contribution >= 0.6 is 0 Å². The number of hydrogen-bond donors (Lipinski definition) is 1. The van der Waals surface area contributed by atoms with E-state index in [1.165, 1.54) is 7.11 Å². The van der Waals surface area contributed by atoms with Crippen LogP contribution < -0.4 is 14.8 Å². The molecule has 28 heavy (non-hydrogen) atoms. The third-order valence-electron chi connectivity index (χ3n) is 5.47. The minimum atomic E-state index is -0.431. The normalized spacial score (nSPS) is 15.1. The number of methoxy groups -OCH3 is 2. The van der Waals surface area contributed by atoms with E-state index >= 15 is 0 Å². The molecule has 0 saturated heterocycles. The third-order valence-corrected chi connectivity index (χ3v) is 5.47. The van der Waals surface area contributed by atoms with Gasteiger partial charge in [-0.25, -0.2) is 0 Å². The highest BCUT2D eigenvalue weighted by Crippen LogP contribution is 2.43. The number of benzene rings is 2. The lowest BCUT2D eigenvalue weighted by Gasteiger charge is -2.30. The van der Waals surface area contributed by atoms with Gasteiger partial charge in [0.15, 0.2) is 5.75 Å². The Balaban J connectivity index is 1.84. The predicted octanol–water partition coefficient (Wildman–Crippen LogP) is 3.85. The topological polar surface area (TPSA) is 90.7 Å². The van der Waals surface area contributed by atoms with Crippen LogP contribution in [0, 0.1) is 10.1 Å². The summed E-state index contributed by atoms with van der Waals surface area (Å²) in [6.45, 7) is 0.423. The van der Waals surface area contributed by atoms with Crippen LogP contribution in [-0.4, -0.2) is 31.6 Å². The Morgan fingerprint density at radius 1 is 1.14 bits per heavy atom. The van der Waals surface area contributed by atoms with Crippen LogP contribution in [-0.2, 0) is 5.41 Å². The van der Waals surface area contributed by atoms with Crippen LogP contribution in [0.5, 0.6) is 11.5 Å². The van der Waals surface area contributed by atoms with Crippen molar-refractivity contribution in [3.05, 3.63) is 63.7 Å². The van der Waals surface area contributed by atoms with E-state index in [1.54, 1.807) is 43.5 Å². The van der Waals surface area contributed by atoms with Crippen molar-refractivity contribution >= 4 is 11.6 Å². The molecule has 0 bridgehead atoms. The average molecular weight is 384 g/mol. The number of hydrogen-bond acceptors (Lipinski definition) is 5. The molecule has 0 aromatic heterocycles. The monoisotopic (exact) mass is 384 g/mol. The van der Waals surface area contributed by atoms with Crippen LogP contribution in [0.25, 0.3) is 0 Å². The zero-order valence-corrected chi connectivity index (χ0v) is 16.1. The van der Waals surface area contributed by atoms with Crippen LogP contribution in [0.15, 0.2) is 42.5 Å². The van der Waals surface area contributed by atoms with Crippen LogP contribution in [0.2, 0.25) is 0 Å². The quantitative estimate of drug-likeness (QED) is 0.578. The molecular weight excluding hydrogens is 360 g/mol. The van der Waals surface area contributed by atoms with Crippen LogP contribution in [0.4, 0.5) is 5.69 Å². The van der Waals surface area contributed by atoms with Crippen LogP contribution in [0.1, 0.15) is 41.6 Å². The molecule has 3 rings (SSSR count). The number of carbonyl (C=O) groups is 1. The van der Waals surface area contributed by atoms with E-state index in [0.717, 1.165) is 31.2 Å². The molecular formula is C21H24N2O5. The number of rotatable bonds is 7. The molecule has 1 amide bonds. The molecule has 0 atom stereocenters. The fourth-order valence-electron chi connectivity index (χ4n) is 3.90. The number of amides is 1. The van der Waals surface area contributed by atoms with E-state index in [1.807, 2.05) is 6.07 Å². The Labute approximate surface area is 163 Å². The predicted molar refractivity (Wildman–Crippen MR) is 105 cm³/mol. The van der Waals surface area contributed by atoms with Crippen molar-refractivity contribution in [3.63, 3.8) is 0 Å². The summed E-state index contributed by atoms with van der Waals surface area (Å²) < 4.78 is 10.3. The van der Waals surface area contributed by atoms with Crippen molar-refractivity contribution in [2.75, 3.05) is 20.8 Å². The van der Waals surface area contributed by atoms with Gasteiger partial charge in [0.05, 0.1) is 19.1 Å². The van der Waals surface area contributed by atoms with Gasteiger partial charge in [-0.3, -0.25) is 14.9 Å². The number of nitro groups is 1. The van der Waals surface area contributed by atoms with Gasteiger partial charge in [-0.15, -0.1) is 0 Å². The molecule has 7 nitrogen and oxygen atoms in total. The van der Waals surface area contributed by atoms with Gasteiger partial charge in [0, 0.05) is 23.6 Å². The molecule has 1 fully saturated rings. The van der Waals surface area contributed by atoms with E-state index < -0.39 is 4.92 Å². The van der Waals surface area contributed by atoms with E-state index in [0.29, 0.717) is 17.9 Å². The molecule has 1 aliphatic rings. The maximum absolute atomic E-state index is 12.6. The van der Waals surface area contributed by atoms with E-state index in [4.69, 9.17) is 9.47 Å². The fourth-order valence-corrected chi connectivity index (χ4v) is 3.90. The molecule has 1 saturated carbocycles. The van der Waals surface area contributed by atoms with Crippen molar-refractivity contribution in [2.45, 2.75) is 31.1 Å². The fraction of sp³-hybridized carbons (Fsp3) is 0.381. The molecule has 0 heterocycles. The molecule has 0 aliphatic heterocycles. The van der Waals surface area contributed by atoms with E-state index in [2.05, 4.69) is 5.32 Å². The summed E-state index contributed by atoms with van der Waals surface area (Å²) in [7, 11) is 2.98. The second kappa shape index (κ2) is 8.29. The third kappa shape index (κ3) is 3.93. The smallest absolute Gasteiger partial charge is 0.311 e. The summed E-state index contributed by atoms with van der Waals surface area (Å²) in [4.78, 5) is 23.6. The van der Waals surface area contributed by atoms with Gasteiger partial charge in [-0.05, 0) is 42.7 Å². The zero-order valence-electron chi connectivity index (χ0n) is 16.1. The second-order valence-corrected chi connectivity index (χ2v) is 7.05. The Morgan fingerprint density at radius 3 is 2.54 bits per heavy atom. The molecule has 1 N–H and O–H groups in total. The van der Waals surface area contributed by atoms with Gasteiger partial charge < -0.3 is 14.8 Å². The van der Waals surface area contributed by atoms with Gasteiger partial charge in [-0.1, -0.05) is 25.0 Å². The summed E-state index contributed by atoms with van der Waals surface area (Å²) in [5, 5.41) is 14.4. The maximum atomic E-state index is 12.6. The lowest BCUT2D eigenvalue weighted by Crippen LogP contribution is -2.39. The Hall–Kier alpha value is -3.09. The lowest BCUT2D eigenvalue weighted by atomic mass is 9.78. The highest BCUT2D eigenvalue weighted by atomic mass is 16.6. The van der Waals surface area contributed by atoms with Gasteiger partial charge >= 0.3 is 5.69 Å². The first-order valence-electron chi connectivity index (χ1n) is 9.24. The summed E-state index contributed by atoms with van der Waals surface area (Å²) in [5.41, 5.74) is 1.02. The molecule has 0 radical (unpaired) electrons. The van der Waals surface area contributed by atoms with E-state index in [9.17, 15) is 14.9 Å². The first-order chi connectivity index (χ1) is 13.5. The highest BCUT2D eigenvalue weighted by Gasteiger charge is 2.37. The first-order valence-corrected chi connectivity index (χ1v) is 9.24. The van der Waals surface area contributed by atoms with Crippen LogP contribution in [0.3, 0.4) is 0 Å². The van der Waals surface area contributed by atoms with Gasteiger partial charge in [0.25, 0.3) is 5.91 Å². The summed E-state index contributed by atoms with van der Waals surface area (Å²) in [6.07, 6.45) is 3.79. The number of carbonyl (C=O) groups excluding carboxylic acids is 1. The Bertz CT molecular complexity index is 875. The standard InChI is InChI=1S/C21H24N2O5/c1-27-17-7-5-6-15(12-17)20(24)22-14-21(10-3-4-11-21)16-8-9-19(28-2)18(13-16)23(25)26/h5-9,12-13H,3-4,10-11,14H2,1-2H3,(H,22,24). The van der Waals surface area contributed by atoms with Crippen molar-refractivity contribution < 1.29 is 19.2 Å². The van der Waals surface area contributed by atoms with Crippen molar-refractivity contribution in [1.82, 2.24) is 5.32 Å². The average Bonchev–Trinajstić information content (AvgIpc) is 3.21. The van der Waals surface area contributed by atoms with Gasteiger partial charge in [-0.2, -0.15) is 0 Å². The number of ether oxygens (including phenoxy) is 2. The summed E-state index contributed by atoms with van der Waals surface area (Å²) in [6, 6.07) is 12.1. The highest BCUT2D eigenvalue weighted by molar-refractivity contribution is 5.94. The lowest BCUT2D eigenvalue weighted by molar-refractivity contribution is -0.385. The Morgan fingerprint density at radius 2 is 1.89 bits per heavy atom. The molecule has 0 unspecified atom stereocenters. The largest absolute Gasteiger partial charge is 0.497 e. The van der Waals surface area contributed by atoms with Crippen molar-refractivity contribution in [2.24, 2.45) is 0 Å². The minimum Gasteiger partial charge on any atom is -0.497 e. The maximum Gasteiger partial charge on any atom is 0.311 e. The summed E-state index contributed by atoms with van der Waals surface area (Å²) >= 11 is 0. The van der Waals surface area contributed by atoms with Gasteiger partial charge in [0.1, 0.15) is 5.75 Å². The number of nitro benzene ring substituents is 1. The molecule has 148 valence electrons. The Kier molecular flexibility index (Phi) is 5.82. The second-order valence-electron chi connectivity index (χ2n) is 7.05. The van der Waals surface area contributed by atoms with Crippen molar-refractivity contribution in [1.29, 1.82) is 0 Å². The molecule has 1 aliphatic carbocycles.